The van der Waals surface area contributed by atoms with E-state index < -0.39 is 6.23 Å². The molecule has 2 amide bonds. The molecule has 0 aliphatic rings. The normalized spacial score (nSPS) is 11.3. The highest BCUT2D eigenvalue weighted by Crippen LogP contribution is 2.17. The Morgan fingerprint density at radius 2 is 1.32 bits per heavy atom. The van der Waals surface area contributed by atoms with Crippen LogP contribution in [0.15, 0.2) is 84.9 Å². The second kappa shape index (κ2) is 10.2. The molecule has 0 bridgehead atoms. The molecule has 158 valence electrons. The first-order valence-corrected chi connectivity index (χ1v) is 9.84. The molecule has 3 rings (SSSR count). The quantitative estimate of drug-likeness (QED) is 0.414. The molecule has 0 fully saturated rings. The summed E-state index contributed by atoms with van der Waals surface area (Å²) in [6.45, 7) is 0.151. The van der Waals surface area contributed by atoms with E-state index in [-0.39, 0.29) is 18.4 Å². The standard InChI is InChI=1S/C25H24N2O4/c1-26(24(29)20-9-5-3-6-10-20)17-23(31-22-15-13-19(18-28)14-16-22)27(2)25(30)21-11-7-4-8-12-21/h3-16,18,23H,17H2,1-2H3. The van der Waals surface area contributed by atoms with E-state index in [9.17, 15) is 14.4 Å². The van der Waals surface area contributed by atoms with Crippen molar-refractivity contribution in [2.45, 2.75) is 6.23 Å². The zero-order valence-electron chi connectivity index (χ0n) is 17.5. The number of benzene rings is 3. The minimum atomic E-state index is -0.743. The average Bonchev–Trinajstić information content (AvgIpc) is 2.83. The lowest BCUT2D eigenvalue weighted by Crippen LogP contribution is -2.48. The van der Waals surface area contributed by atoms with E-state index in [2.05, 4.69) is 0 Å². The Kier molecular flexibility index (Phi) is 7.17. The van der Waals surface area contributed by atoms with Crippen LogP contribution in [-0.2, 0) is 0 Å². The molecular weight excluding hydrogens is 392 g/mol. The third kappa shape index (κ3) is 5.57. The van der Waals surface area contributed by atoms with Gasteiger partial charge in [-0.1, -0.05) is 36.4 Å². The lowest BCUT2D eigenvalue weighted by molar-refractivity contribution is 0.0174. The monoisotopic (exact) mass is 416 g/mol. The molecular formula is C25H24N2O4. The highest BCUT2D eigenvalue weighted by atomic mass is 16.5. The number of ether oxygens (including phenoxy) is 1. The molecule has 6 nitrogen and oxygen atoms in total. The molecule has 1 unspecified atom stereocenters. The van der Waals surface area contributed by atoms with Crippen LogP contribution in [-0.4, -0.2) is 54.8 Å². The smallest absolute Gasteiger partial charge is 0.256 e. The largest absolute Gasteiger partial charge is 0.469 e. The summed E-state index contributed by atoms with van der Waals surface area (Å²) in [4.78, 5) is 39.7. The van der Waals surface area contributed by atoms with Gasteiger partial charge in [-0.15, -0.1) is 0 Å². The number of hydrogen-bond acceptors (Lipinski definition) is 4. The van der Waals surface area contributed by atoms with Gasteiger partial charge in [-0.2, -0.15) is 0 Å². The van der Waals surface area contributed by atoms with E-state index in [0.29, 0.717) is 22.4 Å². The van der Waals surface area contributed by atoms with Crippen molar-refractivity contribution >= 4 is 18.1 Å². The first-order chi connectivity index (χ1) is 15.0. The maximum atomic E-state index is 13.0. The molecule has 3 aromatic carbocycles. The van der Waals surface area contributed by atoms with Gasteiger partial charge in [0.15, 0.2) is 6.23 Å². The van der Waals surface area contributed by atoms with E-state index in [1.54, 1.807) is 86.9 Å². The molecule has 0 saturated carbocycles. The van der Waals surface area contributed by atoms with Crippen molar-refractivity contribution in [1.82, 2.24) is 9.80 Å². The predicted molar refractivity (Wildman–Crippen MR) is 118 cm³/mol. The van der Waals surface area contributed by atoms with Crippen LogP contribution in [0.4, 0.5) is 0 Å². The summed E-state index contributed by atoms with van der Waals surface area (Å²) in [5.74, 6) is 0.0885. The third-order valence-electron chi connectivity index (χ3n) is 4.86. The summed E-state index contributed by atoms with van der Waals surface area (Å²) in [5.41, 5.74) is 1.59. The molecule has 0 aliphatic carbocycles. The van der Waals surface area contributed by atoms with Crippen molar-refractivity contribution < 1.29 is 19.1 Å². The van der Waals surface area contributed by atoms with Gasteiger partial charge in [0, 0.05) is 30.8 Å². The number of nitrogens with zero attached hydrogens (tertiary/aromatic N) is 2. The van der Waals surface area contributed by atoms with Gasteiger partial charge >= 0.3 is 0 Å². The number of hydrogen-bond donors (Lipinski definition) is 0. The highest BCUT2D eigenvalue weighted by Gasteiger charge is 2.26. The number of carbonyl (C=O) groups excluding carboxylic acids is 3. The van der Waals surface area contributed by atoms with Crippen LogP contribution < -0.4 is 4.74 Å². The first-order valence-electron chi connectivity index (χ1n) is 9.84. The summed E-state index contributed by atoms with van der Waals surface area (Å²) in [5, 5.41) is 0. The maximum Gasteiger partial charge on any atom is 0.256 e. The molecule has 0 spiro atoms. The SMILES string of the molecule is CN(CC(Oc1ccc(C=O)cc1)N(C)C(=O)c1ccccc1)C(=O)c1ccccc1. The number of rotatable bonds is 8. The van der Waals surface area contributed by atoms with Crippen molar-refractivity contribution in [3.63, 3.8) is 0 Å². The topological polar surface area (TPSA) is 66.9 Å². The zero-order valence-corrected chi connectivity index (χ0v) is 17.5. The van der Waals surface area contributed by atoms with Crippen LogP contribution in [0.3, 0.4) is 0 Å². The molecule has 0 N–H and O–H groups in total. The number of aldehydes is 1. The Labute approximate surface area is 181 Å². The van der Waals surface area contributed by atoms with Gasteiger partial charge in [0.25, 0.3) is 11.8 Å². The fraction of sp³-hybridized carbons (Fsp3) is 0.160. The number of likely N-dealkylation sites (N-methyl/N-ethyl adjacent to an activating group) is 2. The predicted octanol–water partition coefficient (Wildman–Crippen LogP) is 3.75. The van der Waals surface area contributed by atoms with Crippen LogP contribution in [0.5, 0.6) is 5.75 Å². The molecule has 0 saturated heterocycles. The number of amides is 2. The van der Waals surface area contributed by atoms with Gasteiger partial charge in [0.05, 0.1) is 6.54 Å². The van der Waals surface area contributed by atoms with Gasteiger partial charge in [-0.05, 0) is 48.5 Å². The van der Waals surface area contributed by atoms with Gasteiger partial charge in [-0.25, -0.2) is 0 Å². The zero-order chi connectivity index (χ0) is 22.2. The molecule has 0 aliphatic heterocycles. The summed E-state index contributed by atoms with van der Waals surface area (Å²) in [6, 6.07) is 24.4. The summed E-state index contributed by atoms with van der Waals surface area (Å²) in [7, 11) is 3.31. The Bertz CT molecular complexity index is 1020. The van der Waals surface area contributed by atoms with Crippen LogP contribution in [0, 0.1) is 0 Å². The van der Waals surface area contributed by atoms with Crippen molar-refractivity contribution in [2.24, 2.45) is 0 Å². The van der Waals surface area contributed by atoms with Crippen molar-refractivity contribution in [3.05, 3.63) is 102 Å². The van der Waals surface area contributed by atoms with Gasteiger partial charge in [0.2, 0.25) is 0 Å². The Hall–Kier alpha value is -3.93. The van der Waals surface area contributed by atoms with E-state index in [4.69, 9.17) is 4.74 Å². The summed E-state index contributed by atoms with van der Waals surface area (Å²) in [6.07, 6.45) is 0.00553. The molecule has 0 aromatic heterocycles. The highest BCUT2D eigenvalue weighted by molar-refractivity contribution is 5.95. The van der Waals surface area contributed by atoms with Crippen LogP contribution in [0.1, 0.15) is 31.1 Å². The molecule has 3 aromatic rings. The van der Waals surface area contributed by atoms with Gasteiger partial charge in [0.1, 0.15) is 12.0 Å². The fourth-order valence-corrected chi connectivity index (χ4v) is 3.05. The van der Waals surface area contributed by atoms with Crippen molar-refractivity contribution in [1.29, 1.82) is 0 Å². The fourth-order valence-electron chi connectivity index (χ4n) is 3.05. The van der Waals surface area contributed by atoms with E-state index in [1.807, 2.05) is 12.1 Å². The molecule has 6 heteroatoms. The van der Waals surface area contributed by atoms with Gasteiger partial charge in [-0.3, -0.25) is 14.4 Å². The Balaban J connectivity index is 1.82. The second-order valence-corrected chi connectivity index (χ2v) is 7.09. The first kappa shape index (κ1) is 21.8. The summed E-state index contributed by atoms with van der Waals surface area (Å²) < 4.78 is 6.07. The van der Waals surface area contributed by atoms with E-state index >= 15 is 0 Å². The van der Waals surface area contributed by atoms with E-state index in [0.717, 1.165) is 6.29 Å². The lowest BCUT2D eigenvalue weighted by Gasteiger charge is -2.32. The number of carbonyl (C=O) groups is 3. The minimum absolute atomic E-state index is 0.151. The van der Waals surface area contributed by atoms with Crippen LogP contribution in [0.2, 0.25) is 0 Å². The van der Waals surface area contributed by atoms with E-state index in [1.165, 1.54) is 9.80 Å². The summed E-state index contributed by atoms with van der Waals surface area (Å²) >= 11 is 0. The lowest BCUT2D eigenvalue weighted by atomic mass is 10.2. The van der Waals surface area contributed by atoms with Crippen molar-refractivity contribution in [3.8, 4) is 5.75 Å². The second-order valence-electron chi connectivity index (χ2n) is 7.09. The van der Waals surface area contributed by atoms with Crippen LogP contribution >= 0.6 is 0 Å². The Morgan fingerprint density at radius 3 is 1.84 bits per heavy atom. The maximum absolute atomic E-state index is 13.0. The molecule has 1 atom stereocenters. The molecule has 0 heterocycles. The van der Waals surface area contributed by atoms with Crippen molar-refractivity contribution in [2.75, 3.05) is 20.6 Å². The molecule has 0 radical (unpaired) electrons. The average molecular weight is 416 g/mol. The molecule has 31 heavy (non-hydrogen) atoms. The Morgan fingerprint density at radius 1 is 0.806 bits per heavy atom. The van der Waals surface area contributed by atoms with Gasteiger partial charge < -0.3 is 14.5 Å². The minimum Gasteiger partial charge on any atom is -0.469 e. The third-order valence-corrected chi connectivity index (χ3v) is 4.86. The van der Waals surface area contributed by atoms with Crippen LogP contribution in [0.25, 0.3) is 0 Å².